The van der Waals surface area contributed by atoms with Crippen LogP contribution in [0.2, 0.25) is 0 Å². The van der Waals surface area contributed by atoms with Gasteiger partial charge in [0.2, 0.25) is 0 Å². The average Bonchev–Trinajstić information content (AvgIpc) is 2.60. The molecule has 0 spiro atoms. The number of carbonyl (C=O) groups excluding carboxylic acids is 2. The Bertz CT molecular complexity index is 671. The third-order valence-corrected chi connectivity index (χ3v) is 3.44. The minimum atomic E-state index is -0.266. The monoisotopic (exact) mass is 311 g/mol. The van der Waals surface area contributed by atoms with Gasteiger partial charge in [-0.1, -0.05) is 37.3 Å². The smallest absolute Gasteiger partial charge is 0.269 e. The fourth-order valence-corrected chi connectivity index (χ4v) is 2.13. The van der Waals surface area contributed by atoms with Crippen molar-refractivity contribution in [3.05, 3.63) is 65.5 Å². The summed E-state index contributed by atoms with van der Waals surface area (Å²) in [5.74, 6) is -0.495. The maximum atomic E-state index is 12.3. The summed E-state index contributed by atoms with van der Waals surface area (Å²) in [5, 5.41) is 5.67. The largest absolute Gasteiger partial charge is 0.351 e. The first kappa shape index (κ1) is 16.7. The van der Waals surface area contributed by atoms with Crippen LogP contribution in [0.1, 0.15) is 52.7 Å². The predicted molar refractivity (Wildman–Crippen MR) is 89.2 cm³/mol. The van der Waals surface area contributed by atoms with Crippen molar-refractivity contribution in [3.8, 4) is 0 Å². The molecule has 2 aromatic rings. The Kier molecular flexibility index (Phi) is 5.86. The van der Waals surface area contributed by atoms with Crippen LogP contribution >= 0.6 is 0 Å². The highest BCUT2D eigenvalue weighted by atomic mass is 16.2. The molecule has 0 fully saturated rings. The number of amides is 2. The Morgan fingerprint density at radius 3 is 2.57 bits per heavy atom. The molecule has 2 amide bonds. The lowest BCUT2D eigenvalue weighted by atomic mass is 10.1. The van der Waals surface area contributed by atoms with Crippen LogP contribution in [0.25, 0.3) is 0 Å². The van der Waals surface area contributed by atoms with Gasteiger partial charge in [0.15, 0.2) is 0 Å². The number of rotatable bonds is 6. The van der Waals surface area contributed by atoms with E-state index in [1.807, 2.05) is 44.2 Å². The molecule has 0 aliphatic heterocycles. The summed E-state index contributed by atoms with van der Waals surface area (Å²) in [6.07, 6.45) is 2.32. The molecule has 1 atom stereocenters. The highest BCUT2D eigenvalue weighted by Gasteiger charge is 2.14. The molecule has 2 N–H and O–H groups in total. The van der Waals surface area contributed by atoms with Gasteiger partial charge in [0.1, 0.15) is 5.69 Å². The predicted octanol–water partition coefficient (Wildman–Crippen LogP) is 2.71. The lowest BCUT2D eigenvalue weighted by Crippen LogP contribution is -2.28. The molecular formula is C18H21N3O2. The van der Waals surface area contributed by atoms with Crippen molar-refractivity contribution in [2.45, 2.75) is 26.3 Å². The maximum absolute atomic E-state index is 12.3. The number of hydrogen-bond acceptors (Lipinski definition) is 3. The van der Waals surface area contributed by atoms with Gasteiger partial charge in [0.05, 0.1) is 6.04 Å². The number of carbonyl (C=O) groups is 2. The summed E-state index contributed by atoms with van der Waals surface area (Å²) in [7, 11) is 0. The lowest BCUT2D eigenvalue weighted by Gasteiger charge is -2.14. The van der Waals surface area contributed by atoms with Crippen LogP contribution in [0, 0.1) is 0 Å². The van der Waals surface area contributed by atoms with Gasteiger partial charge in [-0.25, -0.2) is 0 Å². The molecule has 0 radical (unpaired) electrons. The van der Waals surface area contributed by atoms with Gasteiger partial charge >= 0.3 is 0 Å². The fraction of sp³-hybridized carbons (Fsp3) is 0.278. The molecule has 0 saturated heterocycles. The minimum absolute atomic E-state index is 0.116. The number of nitrogens with zero attached hydrogens (tertiary/aromatic N) is 1. The van der Waals surface area contributed by atoms with Gasteiger partial charge < -0.3 is 10.6 Å². The molecule has 1 aromatic heterocycles. The van der Waals surface area contributed by atoms with Crippen LogP contribution in [-0.4, -0.2) is 23.3 Å². The highest BCUT2D eigenvalue weighted by Crippen LogP contribution is 2.12. The summed E-state index contributed by atoms with van der Waals surface area (Å²) in [6.45, 7) is 4.48. The van der Waals surface area contributed by atoms with Gasteiger partial charge in [0.25, 0.3) is 11.8 Å². The molecule has 5 nitrogen and oxygen atoms in total. The molecular weight excluding hydrogens is 290 g/mol. The van der Waals surface area contributed by atoms with Crippen molar-refractivity contribution in [1.29, 1.82) is 0 Å². The Labute approximate surface area is 136 Å². The molecule has 5 heteroatoms. The van der Waals surface area contributed by atoms with Crippen LogP contribution in [0.5, 0.6) is 0 Å². The first-order chi connectivity index (χ1) is 11.1. The van der Waals surface area contributed by atoms with Crippen LogP contribution in [0.4, 0.5) is 0 Å². The van der Waals surface area contributed by atoms with Crippen molar-refractivity contribution in [3.63, 3.8) is 0 Å². The Hall–Kier alpha value is -2.69. The van der Waals surface area contributed by atoms with Gasteiger partial charge in [-0.3, -0.25) is 14.6 Å². The van der Waals surface area contributed by atoms with E-state index in [4.69, 9.17) is 0 Å². The SMILES string of the molecule is CCCNC(=O)c1cc(C(=O)NC(C)c2ccccc2)ccn1. The fourth-order valence-electron chi connectivity index (χ4n) is 2.13. The molecule has 2 rings (SSSR count). The van der Waals surface area contributed by atoms with E-state index in [9.17, 15) is 9.59 Å². The molecule has 0 aliphatic carbocycles. The Morgan fingerprint density at radius 2 is 1.87 bits per heavy atom. The maximum Gasteiger partial charge on any atom is 0.269 e. The Morgan fingerprint density at radius 1 is 1.13 bits per heavy atom. The van der Waals surface area contributed by atoms with Crippen molar-refractivity contribution in [2.75, 3.05) is 6.54 Å². The summed E-state index contributed by atoms with van der Waals surface area (Å²) < 4.78 is 0. The number of aromatic nitrogens is 1. The third kappa shape index (κ3) is 4.64. The quantitative estimate of drug-likeness (QED) is 0.861. The van der Waals surface area contributed by atoms with E-state index in [2.05, 4.69) is 15.6 Å². The van der Waals surface area contributed by atoms with Crippen LogP contribution < -0.4 is 10.6 Å². The van der Waals surface area contributed by atoms with Gasteiger partial charge in [-0.05, 0) is 31.0 Å². The van der Waals surface area contributed by atoms with E-state index in [1.54, 1.807) is 6.07 Å². The zero-order valence-electron chi connectivity index (χ0n) is 13.4. The molecule has 120 valence electrons. The molecule has 0 bridgehead atoms. The highest BCUT2D eigenvalue weighted by molar-refractivity contribution is 5.98. The average molecular weight is 311 g/mol. The van der Waals surface area contributed by atoms with E-state index >= 15 is 0 Å². The number of pyridine rings is 1. The van der Waals surface area contributed by atoms with E-state index in [0.29, 0.717) is 12.1 Å². The second-order valence-electron chi connectivity index (χ2n) is 5.29. The second kappa shape index (κ2) is 8.08. The molecule has 0 aliphatic rings. The van der Waals surface area contributed by atoms with E-state index < -0.39 is 0 Å². The third-order valence-electron chi connectivity index (χ3n) is 3.44. The molecule has 1 unspecified atom stereocenters. The first-order valence-electron chi connectivity index (χ1n) is 7.72. The van der Waals surface area contributed by atoms with Gasteiger partial charge in [0, 0.05) is 18.3 Å². The minimum Gasteiger partial charge on any atom is -0.351 e. The van der Waals surface area contributed by atoms with Crippen LogP contribution in [-0.2, 0) is 0 Å². The van der Waals surface area contributed by atoms with E-state index in [1.165, 1.54) is 12.3 Å². The number of nitrogens with one attached hydrogen (secondary N) is 2. The van der Waals surface area contributed by atoms with Crippen molar-refractivity contribution < 1.29 is 9.59 Å². The molecule has 23 heavy (non-hydrogen) atoms. The molecule has 0 saturated carbocycles. The molecule has 1 heterocycles. The van der Waals surface area contributed by atoms with Gasteiger partial charge in [-0.2, -0.15) is 0 Å². The van der Waals surface area contributed by atoms with Crippen LogP contribution in [0.15, 0.2) is 48.7 Å². The first-order valence-corrected chi connectivity index (χ1v) is 7.72. The topological polar surface area (TPSA) is 71.1 Å². The van der Waals surface area contributed by atoms with Crippen molar-refractivity contribution in [1.82, 2.24) is 15.6 Å². The zero-order valence-corrected chi connectivity index (χ0v) is 13.4. The van der Waals surface area contributed by atoms with E-state index in [0.717, 1.165) is 12.0 Å². The summed E-state index contributed by atoms with van der Waals surface area (Å²) in [4.78, 5) is 28.3. The summed E-state index contributed by atoms with van der Waals surface area (Å²) in [6, 6.07) is 12.7. The second-order valence-corrected chi connectivity index (χ2v) is 5.29. The number of hydrogen-bond donors (Lipinski definition) is 2. The normalized spacial score (nSPS) is 11.6. The molecule has 1 aromatic carbocycles. The van der Waals surface area contributed by atoms with Crippen LogP contribution in [0.3, 0.4) is 0 Å². The summed E-state index contributed by atoms with van der Waals surface area (Å²) >= 11 is 0. The number of benzene rings is 1. The zero-order chi connectivity index (χ0) is 16.7. The van der Waals surface area contributed by atoms with Crippen molar-refractivity contribution in [2.24, 2.45) is 0 Å². The summed E-state index contributed by atoms with van der Waals surface area (Å²) in [5.41, 5.74) is 1.69. The standard InChI is InChI=1S/C18H21N3O2/c1-3-10-20-18(23)16-12-15(9-11-19-16)17(22)21-13(2)14-7-5-4-6-8-14/h4-9,11-13H,3,10H2,1-2H3,(H,20,23)(H,21,22). The lowest BCUT2D eigenvalue weighted by molar-refractivity contribution is 0.0939. The Balaban J connectivity index is 2.06. The van der Waals surface area contributed by atoms with Crippen molar-refractivity contribution >= 4 is 11.8 Å². The van der Waals surface area contributed by atoms with E-state index in [-0.39, 0.29) is 23.6 Å². The van der Waals surface area contributed by atoms with Gasteiger partial charge in [-0.15, -0.1) is 0 Å².